The second-order valence-electron chi connectivity index (χ2n) is 7.06. The first-order valence-electron chi connectivity index (χ1n) is 9.60. The highest BCUT2D eigenvalue weighted by molar-refractivity contribution is 14.1. The highest BCUT2D eigenvalue weighted by atomic mass is 127. The lowest BCUT2D eigenvalue weighted by Crippen LogP contribution is -2.30. The van der Waals surface area contributed by atoms with Gasteiger partial charge in [-0.1, -0.05) is 53.5 Å². The van der Waals surface area contributed by atoms with Gasteiger partial charge in [0.05, 0.1) is 9.26 Å². The van der Waals surface area contributed by atoms with Crippen molar-refractivity contribution < 1.29 is 9.53 Å². The van der Waals surface area contributed by atoms with Gasteiger partial charge in [0, 0.05) is 22.7 Å². The summed E-state index contributed by atoms with van der Waals surface area (Å²) in [4.78, 5) is 16.3. The predicted molar refractivity (Wildman–Crippen MR) is 142 cm³/mol. The molecule has 3 aromatic carbocycles. The first kappa shape index (κ1) is 23.0. The number of ether oxygens (including phenoxy) is 1. The number of likely N-dealkylation sites (N-methyl/N-ethyl adjacent to an activating group) is 1. The van der Waals surface area contributed by atoms with E-state index in [1.807, 2.05) is 60.7 Å². The minimum atomic E-state index is -0.156. The molecule has 0 N–H and O–H groups in total. The van der Waals surface area contributed by atoms with E-state index in [4.69, 9.17) is 40.2 Å². The lowest BCUT2D eigenvalue weighted by molar-refractivity contribution is -0.114. The van der Waals surface area contributed by atoms with Gasteiger partial charge in [-0.3, -0.25) is 9.69 Å². The largest absolute Gasteiger partial charge is 0.488 e. The third-order valence-corrected chi connectivity index (χ3v) is 6.82. The van der Waals surface area contributed by atoms with Gasteiger partial charge in [-0.25, -0.2) is 0 Å². The van der Waals surface area contributed by atoms with E-state index >= 15 is 0 Å². The molecule has 0 spiro atoms. The molecule has 1 fully saturated rings. The van der Waals surface area contributed by atoms with Crippen LogP contribution >= 0.6 is 58.0 Å². The number of nitrogens with zero attached hydrogens (tertiary/aromatic N) is 2. The lowest BCUT2D eigenvalue weighted by Gasteiger charge is -2.16. The molecule has 162 valence electrons. The molecule has 1 saturated heterocycles. The quantitative estimate of drug-likeness (QED) is 0.185. The number of thiocarbonyl (C=S) groups is 1. The lowest BCUT2D eigenvalue weighted by atomic mass is 10.1. The van der Waals surface area contributed by atoms with E-state index in [0.717, 1.165) is 26.1 Å². The molecule has 4 rings (SSSR count). The number of halogens is 3. The number of anilines is 1. The molecule has 0 aromatic heterocycles. The molecule has 8 heteroatoms. The van der Waals surface area contributed by atoms with Crippen LogP contribution in [0.5, 0.6) is 5.75 Å². The number of benzene rings is 3. The van der Waals surface area contributed by atoms with E-state index < -0.39 is 0 Å². The fourth-order valence-electron chi connectivity index (χ4n) is 3.24. The van der Waals surface area contributed by atoms with E-state index in [1.54, 1.807) is 29.0 Å². The average Bonchev–Trinajstić information content (AvgIpc) is 2.98. The first-order valence-corrected chi connectivity index (χ1v) is 11.8. The van der Waals surface area contributed by atoms with Crippen molar-refractivity contribution in [2.24, 2.45) is 0 Å². The van der Waals surface area contributed by atoms with Crippen LogP contribution in [0, 0.1) is 3.57 Å². The standard InChI is InChI=1S/C24H17Cl2IN2O2S/c1-28-21(23(30)29(24(28)32)18-5-3-2-4-6-18)12-15-7-10-22(20(27)11-15)31-14-16-8-9-17(25)13-19(16)26/h2-13H,14H2,1H3/b21-12-. The molecule has 1 aliphatic rings. The Kier molecular flexibility index (Phi) is 7.05. The van der Waals surface area contributed by atoms with Crippen LogP contribution in [0.4, 0.5) is 5.69 Å². The van der Waals surface area contributed by atoms with E-state index in [0.29, 0.717) is 27.5 Å². The second kappa shape index (κ2) is 9.79. The van der Waals surface area contributed by atoms with Crippen molar-refractivity contribution in [1.29, 1.82) is 0 Å². The van der Waals surface area contributed by atoms with Crippen LogP contribution in [0.3, 0.4) is 0 Å². The summed E-state index contributed by atoms with van der Waals surface area (Å²) in [5.41, 5.74) is 2.98. The summed E-state index contributed by atoms with van der Waals surface area (Å²) in [6.07, 6.45) is 1.83. The second-order valence-corrected chi connectivity index (χ2v) is 9.43. The Morgan fingerprint density at radius 2 is 1.81 bits per heavy atom. The summed E-state index contributed by atoms with van der Waals surface area (Å²) in [5.74, 6) is 0.572. The molecule has 0 radical (unpaired) electrons. The molecule has 0 saturated carbocycles. The molecule has 1 heterocycles. The smallest absolute Gasteiger partial charge is 0.281 e. The van der Waals surface area contributed by atoms with Crippen molar-refractivity contribution in [1.82, 2.24) is 4.90 Å². The molecule has 0 bridgehead atoms. The molecular formula is C24H17Cl2IN2O2S. The Bertz CT molecular complexity index is 1230. The van der Waals surface area contributed by atoms with Gasteiger partial charge in [0.25, 0.3) is 5.91 Å². The maximum atomic E-state index is 13.1. The summed E-state index contributed by atoms with van der Waals surface area (Å²) in [6.45, 7) is 0.327. The highest BCUT2D eigenvalue weighted by Gasteiger charge is 2.36. The number of rotatable bonds is 5. The van der Waals surface area contributed by atoms with Crippen LogP contribution in [0.25, 0.3) is 6.08 Å². The van der Waals surface area contributed by atoms with E-state index in [-0.39, 0.29) is 5.91 Å². The summed E-state index contributed by atoms with van der Waals surface area (Å²) in [5, 5.41) is 1.60. The van der Waals surface area contributed by atoms with Crippen LogP contribution in [0.2, 0.25) is 10.0 Å². The third-order valence-electron chi connectivity index (χ3n) is 4.93. The summed E-state index contributed by atoms with van der Waals surface area (Å²) in [7, 11) is 1.80. The zero-order valence-electron chi connectivity index (χ0n) is 16.9. The zero-order chi connectivity index (χ0) is 22.8. The number of hydrogen-bond donors (Lipinski definition) is 0. The fourth-order valence-corrected chi connectivity index (χ4v) is 4.68. The van der Waals surface area contributed by atoms with Crippen LogP contribution in [-0.4, -0.2) is 23.0 Å². The van der Waals surface area contributed by atoms with Crippen LogP contribution in [-0.2, 0) is 11.4 Å². The number of carbonyl (C=O) groups excluding carboxylic acids is 1. The first-order chi connectivity index (χ1) is 15.3. The number of hydrogen-bond acceptors (Lipinski definition) is 3. The van der Waals surface area contributed by atoms with Gasteiger partial charge in [-0.05, 0) is 82.8 Å². The van der Waals surface area contributed by atoms with E-state index in [1.165, 1.54) is 0 Å². The SMILES string of the molecule is CN1C(=S)N(c2ccccc2)C(=O)/C1=C/c1ccc(OCc2ccc(Cl)cc2Cl)c(I)c1. The number of carbonyl (C=O) groups is 1. The van der Waals surface area contributed by atoms with Gasteiger partial charge in [-0.15, -0.1) is 0 Å². The van der Waals surface area contributed by atoms with Gasteiger partial charge in [-0.2, -0.15) is 0 Å². The molecule has 32 heavy (non-hydrogen) atoms. The van der Waals surface area contributed by atoms with Gasteiger partial charge in [0.2, 0.25) is 0 Å². The maximum Gasteiger partial charge on any atom is 0.281 e. The Hall–Kier alpha value is -2.13. The predicted octanol–water partition coefficient (Wildman–Crippen LogP) is 6.78. The molecule has 1 aliphatic heterocycles. The Balaban J connectivity index is 1.54. The van der Waals surface area contributed by atoms with Crippen molar-refractivity contribution in [3.63, 3.8) is 0 Å². The van der Waals surface area contributed by atoms with Crippen molar-refractivity contribution in [3.05, 3.63) is 97.2 Å². The van der Waals surface area contributed by atoms with Crippen molar-refractivity contribution >= 4 is 80.8 Å². The summed E-state index contributed by atoms with van der Waals surface area (Å²) < 4.78 is 6.86. The van der Waals surface area contributed by atoms with E-state index in [2.05, 4.69) is 22.6 Å². The number of amides is 1. The minimum absolute atomic E-state index is 0.156. The molecular weight excluding hydrogens is 578 g/mol. The van der Waals surface area contributed by atoms with Crippen molar-refractivity contribution in [2.75, 3.05) is 11.9 Å². The minimum Gasteiger partial charge on any atom is -0.488 e. The molecule has 4 nitrogen and oxygen atoms in total. The Morgan fingerprint density at radius 1 is 1.06 bits per heavy atom. The van der Waals surface area contributed by atoms with Gasteiger partial charge < -0.3 is 9.64 Å². The topological polar surface area (TPSA) is 32.8 Å². The third kappa shape index (κ3) is 4.78. The summed E-state index contributed by atoms with van der Waals surface area (Å²) in [6, 6.07) is 20.5. The maximum absolute atomic E-state index is 13.1. The molecule has 3 aromatic rings. The van der Waals surface area contributed by atoms with Crippen molar-refractivity contribution in [2.45, 2.75) is 6.61 Å². The van der Waals surface area contributed by atoms with Crippen LogP contribution < -0.4 is 9.64 Å². The molecule has 0 aliphatic carbocycles. The van der Waals surface area contributed by atoms with Crippen molar-refractivity contribution in [3.8, 4) is 5.75 Å². The van der Waals surface area contributed by atoms with E-state index in [9.17, 15) is 4.79 Å². The fraction of sp³-hybridized carbons (Fsp3) is 0.0833. The Labute approximate surface area is 215 Å². The summed E-state index contributed by atoms with van der Waals surface area (Å²) >= 11 is 19.9. The molecule has 0 atom stereocenters. The van der Waals surface area contributed by atoms with Gasteiger partial charge in [0.1, 0.15) is 18.1 Å². The van der Waals surface area contributed by atoms with Crippen LogP contribution in [0.15, 0.2) is 72.4 Å². The Morgan fingerprint density at radius 3 is 2.50 bits per heavy atom. The molecule has 1 amide bonds. The van der Waals surface area contributed by atoms with Gasteiger partial charge in [0.15, 0.2) is 5.11 Å². The zero-order valence-corrected chi connectivity index (χ0v) is 21.4. The number of para-hydroxylation sites is 1. The van der Waals surface area contributed by atoms with Crippen LogP contribution in [0.1, 0.15) is 11.1 Å². The highest BCUT2D eigenvalue weighted by Crippen LogP contribution is 2.30. The molecule has 0 unspecified atom stereocenters. The average molecular weight is 595 g/mol. The monoisotopic (exact) mass is 594 g/mol. The van der Waals surface area contributed by atoms with Gasteiger partial charge >= 0.3 is 0 Å². The normalized spacial score (nSPS) is 15.1.